The van der Waals surface area contributed by atoms with Crippen LogP contribution in [0.25, 0.3) is 11.0 Å². The summed E-state index contributed by atoms with van der Waals surface area (Å²) in [5.41, 5.74) is 2.92. The minimum atomic E-state index is -3.18. The van der Waals surface area contributed by atoms with Crippen molar-refractivity contribution in [2.75, 3.05) is 5.75 Å². The number of hydrogen-bond donors (Lipinski definition) is 1. The maximum atomic E-state index is 11.8. The van der Waals surface area contributed by atoms with Gasteiger partial charge in [0.2, 0.25) is 10.0 Å². The third-order valence-electron chi connectivity index (χ3n) is 3.46. The highest BCUT2D eigenvalue weighted by Crippen LogP contribution is 2.19. The molecule has 0 spiro atoms. The largest absolute Gasteiger partial charge is 0.328 e. The van der Waals surface area contributed by atoms with E-state index in [0.717, 1.165) is 23.0 Å². The van der Waals surface area contributed by atoms with E-state index in [2.05, 4.69) is 28.1 Å². The second-order valence-electron chi connectivity index (χ2n) is 5.56. The summed E-state index contributed by atoms with van der Waals surface area (Å²) >= 11 is 0. The minimum Gasteiger partial charge on any atom is -0.328 e. The zero-order valence-corrected chi connectivity index (χ0v) is 13.7. The molecule has 0 saturated carbocycles. The monoisotopic (exact) mass is 309 g/mol. The number of imidazole rings is 1. The lowest BCUT2D eigenvalue weighted by Gasteiger charge is -2.10. The molecule has 116 valence electrons. The molecule has 1 aromatic heterocycles. The van der Waals surface area contributed by atoms with E-state index in [-0.39, 0.29) is 5.75 Å². The number of hydrogen-bond acceptors (Lipinski definition) is 3. The van der Waals surface area contributed by atoms with Crippen molar-refractivity contribution in [3.63, 3.8) is 0 Å². The summed E-state index contributed by atoms with van der Waals surface area (Å²) in [7, 11) is -3.18. The molecule has 2 aromatic rings. The molecule has 0 aliphatic carbocycles. The van der Waals surface area contributed by atoms with Gasteiger partial charge in [-0.05, 0) is 38.0 Å². The molecular formula is C15H23N3O2S. The number of fused-ring (bicyclic) bond motifs is 1. The molecular weight excluding hydrogens is 286 g/mol. The summed E-state index contributed by atoms with van der Waals surface area (Å²) in [5, 5.41) is 0. The molecule has 21 heavy (non-hydrogen) atoms. The van der Waals surface area contributed by atoms with Gasteiger partial charge in [-0.2, -0.15) is 0 Å². The molecule has 2 rings (SSSR count). The van der Waals surface area contributed by atoms with Gasteiger partial charge in [-0.25, -0.2) is 18.1 Å². The predicted molar refractivity (Wildman–Crippen MR) is 85.7 cm³/mol. The van der Waals surface area contributed by atoms with Gasteiger partial charge >= 0.3 is 0 Å². The third-order valence-corrected chi connectivity index (χ3v) is 4.87. The normalized spacial score (nSPS) is 12.4. The van der Waals surface area contributed by atoms with Crippen molar-refractivity contribution in [2.24, 2.45) is 0 Å². The van der Waals surface area contributed by atoms with Gasteiger partial charge in [0.05, 0.1) is 23.1 Å². The fraction of sp³-hybridized carbons (Fsp3) is 0.533. The summed E-state index contributed by atoms with van der Waals surface area (Å²) < 4.78 is 28.4. The van der Waals surface area contributed by atoms with Crippen LogP contribution in [0.5, 0.6) is 0 Å². The lowest BCUT2D eigenvalue weighted by Crippen LogP contribution is -2.25. The molecule has 0 aliphatic rings. The summed E-state index contributed by atoms with van der Waals surface area (Å²) in [6.07, 6.45) is 3.39. The van der Waals surface area contributed by atoms with E-state index >= 15 is 0 Å². The summed E-state index contributed by atoms with van der Waals surface area (Å²) in [6, 6.07) is 6.18. The third kappa shape index (κ3) is 4.04. The first-order chi connectivity index (χ1) is 9.93. The first-order valence-electron chi connectivity index (χ1n) is 7.35. The second-order valence-corrected chi connectivity index (χ2v) is 7.49. The quantitative estimate of drug-likeness (QED) is 0.855. The fourth-order valence-corrected chi connectivity index (χ4v) is 3.39. The molecule has 1 heterocycles. The summed E-state index contributed by atoms with van der Waals surface area (Å²) in [6.45, 7) is 6.50. The van der Waals surface area contributed by atoms with E-state index in [4.69, 9.17) is 0 Å². The first kappa shape index (κ1) is 16.0. The number of nitrogens with zero attached hydrogens (tertiary/aromatic N) is 2. The van der Waals surface area contributed by atoms with Crippen LogP contribution in [0.3, 0.4) is 0 Å². The minimum absolute atomic E-state index is 0.190. The maximum absolute atomic E-state index is 11.8. The number of sulfonamides is 1. The highest BCUT2D eigenvalue weighted by atomic mass is 32.2. The van der Waals surface area contributed by atoms with Crippen LogP contribution in [-0.4, -0.2) is 23.7 Å². The Bertz CT molecular complexity index is 705. The van der Waals surface area contributed by atoms with Crippen LogP contribution in [0, 0.1) is 0 Å². The van der Waals surface area contributed by atoms with Crippen LogP contribution in [0.4, 0.5) is 0 Å². The van der Waals surface area contributed by atoms with Crippen LogP contribution in [0.1, 0.15) is 45.2 Å². The van der Waals surface area contributed by atoms with Crippen LogP contribution >= 0.6 is 0 Å². The smallest absolute Gasteiger partial charge is 0.211 e. The molecule has 0 atom stereocenters. The van der Waals surface area contributed by atoms with Gasteiger partial charge < -0.3 is 4.57 Å². The van der Waals surface area contributed by atoms with Gasteiger partial charge in [-0.3, -0.25) is 0 Å². The Kier molecular flexibility index (Phi) is 5.00. The Balaban J connectivity index is 2.14. The predicted octanol–water partition coefficient (Wildman–Crippen LogP) is 2.84. The maximum Gasteiger partial charge on any atom is 0.211 e. The Morgan fingerprint density at radius 3 is 2.76 bits per heavy atom. The van der Waals surface area contributed by atoms with Crippen LogP contribution in [-0.2, 0) is 16.6 Å². The highest BCUT2D eigenvalue weighted by Gasteiger charge is 2.10. The molecule has 0 radical (unpaired) electrons. The second kappa shape index (κ2) is 6.58. The molecule has 0 unspecified atom stereocenters. The lowest BCUT2D eigenvalue weighted by molar-refractivity contribution is 0.578. The van der Waals surface area contributed by atoms with Crippen LogP contribution in [0.15, 0.2) is 24.5 Å². The molecule has 6 heteroatoms. The Morgan fingerprint density at radius 2 is 2.10 bits per heavy atom. The van der Waals surface area contributed by atoms with Gasteiger partial charge in [0.25, 0.3) is 0 Å². The number of unbranched alkanes of at least 4 members (excludes halogenated alkanes) is 1. The van der Waals surface area contributed by atoms with Crippen molar-refractivity contribution in [2.45, 2.75) is 46.2 Å². The number of rotatable bonds is 7. The lowest BCUT2D eigenvalue weighted by atomic mass is 10.2. The molecule has 0 bridgehead atoms. The number of benzene rings is 1. The average molecular weight is 309 g/mol. The zero-order chi connectivity index (χ0) is 15.5. The first-order valence-corrected chi connectivity index (χ1v) is 9.01. The van der Waals surface area contributed by atoms with Gasteiger partial charge in [0.15, 0.2) is 0 Å². The van der Waals surface area contributed by atoms with E-state index in [9.17, 15) is 8.42 Å². The Hall–Kier alpha value is -1.40. The molecule has 0 amide bonds. The van der Waals surface area contributed by atoms with E-state index in [1.807, 2.05) is 31.5 Å². The van der Waals surface area contributed by atoms with Crippen molar-refractivity contribution in [3.05, 3.63) is 30.1 Å². The molecule has 0 aliphatic heterocycles. The van der Waals surface area contributed by atoms with Gasteiger partial charge in [-0.15, -0.1) is 0 Å². The molecule has 5 nitrogen and oxygen atoms in total. The summed E-state index contributed by atoms with van der Waals surface area (Å²) in [5.74, 6) is 0.190. The average Bonchev–Trinajstić information content (AvgIpc) is 2.86. The fourth-order valence-electron chi connectivity index (χ4n) is 2.19. The van der Waals surface area contributed by atoms with Crippen LogP contribution < -0.4 is 4.72 Å². The van der Waals surface area contributed by atoms with Gasteiger partial charge in [0, 0.05) is 12.6 Å². The standard InChI is InChI=1S/C15H23N3O2S/c1-4-5-8-21(19,20)17-10-13-6-7-14-15(9-13)18(11-16-14)12(2)3/h6-7,9,11-12,17H,4-5,8,10H2,1-3H3. The molecule has 0 saturated heterocycles. The topological polar surface area (TPSA) is 64.0 Å². The number of aromatic nitrogens is 2. The Morgan fingerprint density at radius 1 is 1.33 bits per heavy atom. The van der Waals surface area contributed by atoms with Crippen molar-refractivity contribution in [1.29, 1.82) is 0 Å². The molecule has 1 N–H and O–H groups in total. The van der Waals surface area contributed by atoms with Crippen molar-refractivity contribution < 1.29 is 8.42 Å². The van der Waals surface area contributed by atoms with E-state index < -0.39 is 10.0 Å². The van der Waals surface area contributed by atoms with Gasteiger partial charge in [-0.1, -0.05) is 19.4 Å². The van der Waals surface area contributed by atoms with Crippen molar-refractivity contribution in [3.8, 4) is 0 Å². The number of nitrogens with one attached hydrogen (secondary N) is 1. The SMILES string of the molecule is CCCCS(=O)(=O)NCc1ccc2ncn(C(C)C)c2c1. The Labute approximate surface area is 126 Å². The highest BCUT2D eigenvalue weighted by molar-refractivity contribution is 7.89. The van der Waals surface area contributed by atoms with E-state index in [0.29, 0.717) is 19.0 Å². The molecule has 1 aromatic carbocycles. The van der Waals surface area contributed by atoms with Gasteiger partial charge in [0.1, 0.15) is 0 Å². The van der Waals surface area contributed by atoms with Crippen molar-refractivity contribution >= 4 is 21.1 Å². The van der Waals surface area contributed by atoms with Crippen LogP contribution in [0.2, 0.25) is 0 Å². The zero-order valence-electron chi connectivity index (χ0n) is 12.8. The van der Waals surface area contributed by atoms with Crippen molar-refractivity contribution in [1.82, 2.24) is 14.3 Å². The van der Waals surface area contributed by atoms with E-state index in [1.165, 1.54) is 0 Å². The molecule has 0 fully saturated rings. The van der Waals surface area contributed by atoms with E-state index in [1.54, 1.807) is 0 Å². The summed E-state index contributed by atoms with van der Waals surface area (Å²) in [4.78, 5) is 4.35.